The van der Waals surface area contributed by atoms with Gasteiger partial charge in [-0.1, -0.05) is 6.07 Å². The number of likely N-dealkylation sites (tertiary alicyclic amines) is 1. The molecule has 1 saturated heterocycles. The smallest absolute Gasteiger partial charge is 0.326 e. The fourth-order valence-corrected chi connectivity index (χ4v) is 2.25. The predicted molar refractivity (Wildman–Crippen MR) is 63.8 cm³/mol. The van der Waals surface area contributed by atoms with Gasteiger partial charge in [0.2, 0.25) is 5.91 Å². The van der Waals surface area contributed by atoms with E-state index in [-0.39, 0.29) is 24.9 Å². The number of carbonyl (C=O) groups is 2. The lowest BCUT2D eigenvalue weighted by molar-refractivity contribution is -0.148. The van der Waals surface area contributed by atoms with Crippen LogP contribution in [0.15, 0.2) is 18.2 Å². The number of carboxylic acid groups (broad SMARTS) is 1. The summed E-state index contributed by atoms with van der Waals surface area (Å²) in [7, 11) is 0. The van der Waals surface area contributed by atoms with E-state index in [0.717, 1.165) is 17.0 Å². The number of hydrogen-bond donors (Lipinski definition) is 2. The number of carboxylic acids is 1. The second kappa shape index (κ2) is 5.54. The average molecular weight is 285 g/mol. The van der Waals surface area contributed by atoms with Gasteiger partial charge < -0.3 is 15.1 Å². The molecule has 2 N–H and O–H groups in total. The van der Waals surface area contributed by atoms with Gasteiger partial charge in [-0.05, 0) is 11.6 Å². The Morgan fingerprint density at radius 1 is 1.35 bits per heavy atom. The first-order chi connectivity index (χ1) is 9.38. The third kappa shape index (κ3) is 2.93. The van der Waals surface area contributed by atoms with Gasteiger partial charge >= 0.3 is 5.97 Å². The fraction of sp³-hybridized carbons (Fsp3) is 0.385. The van der Waals surface area contributed by atoms with Crippen LogP contribution < -0.4 is 0 Å². The molecule has 5 nitrogen and oxygen atoms in total. The molecule has 1 amide bonds. The lowest BCUT2D eigenvalue weighted by Gasteiger charge is -2.21. The van der Waals surface area contributed by atoms with E-state index in [4.69, 9.17) is 5.11 Å². The van der Waals surface area contributed by atoms with Crippen LogP contribution in [0.3, 0.4) is 0 Å². The highest BCUT2D eigenvalue weighted by molar-refractivity contribution is 5.85. The normalized spacial score (nSPS) is 22.1. The van der Waals surface area contributed by atoms with Crippen molar-refractivity contribution in [2.45, 2.75) is 25.0 Å². The van der Waals surface area contributed by atoms with Crippen molar-refractivity contribution in [2.24, 2.45) is 0 Å². The van der Waals surface area contributed by atoms with Gasteiger partial charge in [-0.2, -0.15) is 0 Å². The summed E-state index contributed by atoms with van der Waals surface area (Å²) in [6.07, 6.45) is -1.33. The molecule has 0 bridgehead atoms. The molecule has 0 spiro atoms. The molecule has 1 aromatic carbocycles. The second-order valence-electron chi connectivity index (χ2n) is 4.70. The molecule has 1 fully saturated rings. The van der Waals surface area contributed by atoms with Crippen molar-refractivity contribution >= 4 is 11.9 Å². The van der Waals surface area contributed by atoms with E-state index in [0.29, 0.717) is 6.07 Å². The van der Waals surface area contributed by atoms with Crippen LogP contribution >= 0.6 is 0 Å². The molecule has 7 heteroatoms. The molecule has 1 aromatic rings. The third-order valence-electron chi connectivity index (χ3n) is 3.24. The Bertz CT molecular complexity index is 549. The minimum atomic E-state index is -1.21. The number of amides is 1. The van der Waals surface area contributed by atoms with E-state index < -0.39 is 35.7 Å². The minimum absolute atomic E-state index is 0.0121. The van der Waals surface area contributed by atoms with Gasteiger partial charge in [-0.3, -0.25) is 4.79 Å². The maximum absolute atomic E-state index is 13.5. The van der Waals surface area contributed by atoms with Crippen molar-refractivity contribution in [2.75, 3.05) is 6.54 Å². The molecular formula is C13H13F2NO4. The molecule has 0 aliphatic carbocycles. The number of aliphatic hydroxyl groups is 1. The molecular weight excluding hydrogens is 272 g/mol. The Labute approximate surface area is 113 Å². The van der Waals surface area contributed by atoms with E-state index >= 15 is 0 Å². The van der Waals surface area contributed by atoms with Crippen LogP contribution in [0.5, 0.6) is 0 Å². The summed E-state index contributed by atoms with van der Waals surface area (Å²) < 4.78 is 26.2. The summed E-state index contributed by atoms with van der Waals surface area (Å²) in [6, 6.07) is 1.72. The minimum Gasteiger partial charge on any atom is -0.480 e. The van der Waals surface area contributed by atoms with Gasteiger partial charge in [0.25, 0.3) is 0 Å². The average Bonchev–Trinajstić information content (AvgIpc) is 2.75. The zero-order valence-electron chi connectivity index (χ0n) is 10.4. The Morgan fingerprint density at radius 2 is 2.05 bits per heavy atom. The van der Waals surface area contributed by atoms with Crippen molar-refractivity contribution in [3.63, 3.8) is 0 Å². The molecule has 20 heavy (non-hydrogen) atoms. The molecule has 1 aliphatic heterocycles. The maximum atomic E-state index is 13.5. The van der Waals surface area contributed by atoms with Gasteiger partial charge in [0, 0.05) is 19.0 Å². The number of hydrogen-bond acceptors (Lipinski definition) is 3. The van der Waals surface area contributed by atoms with Crippen LogP contribution in [0.2, 0.25) is 0 Å². The lowest BCUT2D eigenvalue weighted by atomic mass is 10.1. The number of nitrogens with zero attached hydrogens (tertiary/aromatic N) is 1. The van der Waals surface area contributed by atoms with Crippen LogP contribution in [0.25, 0.3) is 0 Å². The summed E-state index contributed by atoms with van der Waals surface area (Å²) in [6.45, 7) is -0.0986. The molecule has 0 radical (unpaired) electrons. The Hall–Kier alpha value is -2.02. The second-order valence-corrected chi connectivity index (χ2v) is 4.70. The molecule has 0 aromatic heterocycles. The topological polar surface area (TPSA) is 77.8 Å². The number of benzene rings is 1. The van der Waals surface area contributed by atoms with Crippen molar-refractivity contribution in [3.8, 4) is 0 Å². The number of halogens is 2. The van der Waals surface area contributed by atoms with E-state index in [1.54, 1.807) is 0 Å². The first-order valence-corrected chi connectivity index (χ1v) is 6.02. The number of β-amino-alcohol motifs (C(OH)–C–C–N with tert-alkyl or cyclic N) is 1. The highest BCUT2D eigenvalue weighted by Crippen LogP contribution is 2.20. The molecule has 2 rings (SSSR count). The van der Waals surface area contributed by atoms with Crippen LogP contribution in [-0.4, -0.2) is 45.7 Å². The monoisotopic (exact) mass is 285 g/mol. The Morgan fingerprint density at radius 3 is 2.65 bits per heavy atom. The first kappa shape index (κ1) is 14.4. The summed E-state index contributed by atoms with van der Waals surface area (Å²) in [4.78, 5) is 24.0. The van der Waals surface area contributed by atoms with Crippen molar-refractivity contribution in [1.82, 2.24) is 4.90 Å². The Kier molecular flexibility index (Phi) is 3.99. The van der Waals surface area contributed by atoms with E-state index in [1.165, 1.54) is 0 Å². The lowest BCUT2D eigenvalue weighted by Crippen LogP contribution is -2.41. The first-order valence-electron chi connectivity index (χ1n) is 6.02. The third-order valence-corrected chi connectivity index (χ3v) is 3.24. The van der Waals surface area contributed by atoms with Crippen LogP contribution in [0.4, 0.5) is 8.78 Å². The number of rotatable bonds is 3. The zero-order chi connectivity index (χ0) is 14.9. The van der Waals surface area contributed by atoms with Gasteiger partial charge in [-0.25, -0.2) is 13.6 Å². The van der Waals surface area contributed by atoms with Gasteiger partial charge in [0.05, 0.1) is 12.5 Å². The number of aliphatic hydroxyl groups excluding tert-OH is 1. The van der Waals surface area contributed by atoms with Gasteiger partial charge in [-0.15, -0.1) is 0 Å². The highest BCUT2D eigenvalue weighted by Gasteiger charge is 2.38. The molecule has 0 unspecified atom stereocenters. The van der Waals surface area contributed by atoms with Crippen molar-refractivity contribution in [3.05, 3.63) is 35.4 Å². The maximum Gasteiger partial charge on any atom is 0.326 e. The van der Waals surface area contributed by atoms with Crippen molar-refractivity contribution < 1.29 is 28.6 Å². The Balaban J connectivity index is 2.13. The highest BCUT2D eigenvalue weighted by atomic mass is 19.1. The number of carbonyl (C=O) groups excluding carboxylic acids is 1. The van der Waals surface area contributed by atoms with Crippen molar-refractivity contribution in [1.29, 1.82) is 0 Å². The van der Waals surface area contributed by atoms with E-state index in [1.807, 2.05) is 0 Å². The predicted octanol–water partition coefficient (Wildman–Crippen LogP) is 0.554. The largest absolute Gasteiger partial charge is 0.480 e. The van der Waals surface area contributed by atoms with E-state index in [2.05, 4.69) is 0 Å². The quantitative estimate of drug-likeness (QED) is 0.850. The summed E-state index contributed by atoms with van der Waals surface area (Å²) >= 11 is 0. The number of aliphatic carboxylic acids is 1. The van der Waals surface area contributed by atoms with E-state index in [9.17, 15) is 23.5 Å². The molecule has 1 heterocycles. The molecule has 1 aliphatic rings. The van der Waals surface area contributed by atoms with Crippen LogP contribution in [0.1, 0.15) is 12.0 Å². The van der Waals surface area contributed by atoms with Crippen LogP contribution in [0, 0.1) is 11.6 Å². The molecule has 108 valence electrons. The van der Waals surface area contributed by atoms with Gasteiger partial charge in [0.1, 0.15) is 17.7 Å². The molecule has 2 atom stereocenters. The van der Waals surface area contributed by atoms with Gasteiger partial charge in [0.15, 0.2) is 0 Å². The fourth-order valence-electron chi connectivity index (χ4n) is 2.25. The summed E-state index contributed by atoms with van der Waals surface area (Å²) in [5, 5.41) is 18.4. The molecule has 0 saturated carbocycles. The standard InChI is InChI=1S/C13H13F2NO4/c14-8-2-1-7(10(15)4-8)3-12(18)16-6-9(17)5-11(16)13(19)20/h1-2,4,9,11,17H,3,5-6H2,(H,19,20)/t9-,11+/m1/s1. The summed E-state index contributed by atoms with van der Waals surface area (Å²) in [5.41, 5.74) is -0.0121. The summed E-state index contributed by atoms with van der Waals surface area (Å²) in [5.74, 6) is -3.43. The van der Waals surface area contributed by atoms with Crippen LogP contribution in [-0.2, 0) is 16.0 Å². The zero-order valence-corrected chi connectivity index (χ0v) is 10.4. The SMILES string of the molecule is O=C(O)[C@@H]1C[C@@H](O)CN1C(=O)Cc1ccc(F)cc1F.